The Morgan fingerprint density at radius 3 is 2.68 bits per heavy atom. The molecule has 7 nitrogen and oxygen atoms in total. The van der Waals surface area contributed by atoms with Crippen molar-refractivity contribution in [1.82, 2.24) is 20.4 Å². The van der Waals surface area contributed by atoms with Gasteiger partial charge >= 0.3 is 0 Å². The van der Waals surface area contributed by atoms with Crippen molar-refractivity contribution in [1.29, 1.82) is 0 Å². The van der Waals surface area contributed by atoms with Gasteiger partial charge in [0.25, 0.3) is 0 Å². The van der Waals surface area contributed by atoms with Crippen LogP contribution in [0.2, 0.25) is 0 Å². The molecule has 1 heterocycles. The van der Waals surface area contributed by atoms with Gasteiger partial charge in [0.1, 0.15) is 5.75 Å². The largest absolute Gasteiger partial charge is 0.497 e. The highest BCUT2D eigenvalue weighted by atomic mass is 127. The number of nitrogens with zero attached hydrogens (tertiary/aromatic N) is 3. The molecule has 28 heavy (non-hydrogen) atoms. The molecule has 1 aromatic heterocycles. The van der Waals surface area contributed by atoms with Crippen molar-refractivity contribution in [2.24, 2.45) is 4.99 Å². The zero-order valence-corrected chi connectivity index (χ0v) is 19.7. The summed E-state index contributed by atoms with van der Waals surface area (Å²) in [5.74, 6) is 1.62. The van der Waals surface area contributed by atoms with Crippen molar-refractivity contribution in [3.05, 3.63) is 46.8 Å². The van der Waals surface area contributed by atoms with E-state index in [4.69, 9.17) is 9.47 Å². The smallest absolute Gasteiger partial charge is 0.191 e. The van der Waals surface area contributed by atoms with E-state index >= 15 is 0 Å². The van der Waals surface area contributed by atoms with E-state index in [9.17, 15) is 0 Å². The van der Waals surface area contributed by atoms with Crippen LogP contribution in [0.4, 0.5) is 0 Å². The third kappa shape index (κ3) is 6.97. The van der Waals surface area contributed by atoms with E-state index < -0.39 is 0 Å². The summed E-state index contributed by atoms with van der Waals surface area (Å²) in [4.78, 5) is 4.68. The number of methoxy groups -OCH3 is 2. The number of nitrogens with one attached hydrogen (secondary N) is 2. The van der Waals surface area contributed by atoms with Gasteiger partial charge in [0.2, 0.25) is 0 Å². The normalized spacial score (nSPS) is 11.1. The molecule has 0 aliphatic carbocycles. The van der Waals surface area contributed by atoms with Gasteiger partial charge in [-0.25, -0.2) is 4.99 Å². The second-order valence-corrected chi connectivity index (χ2v) is 6.27. The molecule has 0 bridgehead atoms. The number of aryl methyl sites for hydroxylation is 1. The number of hydrogen-bond acceptors (Lipinski definition) is 4. The number of halogens is 1. The Morgan fingerprint density at radius 1 is 1.21 bits per heavy atom. The van der Waals surface area contributed by atoms with Gasteiger partial charge in [-0.2, -0.15) is 5.10 Å². The molecule has 0 aliphatic heterocycles. The third-order valence-corrected chi connectivity index (χ3v) is 4.37. The summed E-state index contributed by atoms with van der Waals surface area (Å²) >= 11 is 0. The van der Waals surface area contributed by atoms with Crippen molar-refractivity contribution < 1.29 is 9.47 Å². The fraction of sp³-hybridized carbons (Fsp3) is 0.500. The molecule has 0 saturated heterocycles. The predicted octanol–water partition coefficient (Wildman–Crippen LogP) is 3.03. The molecule has 2 rings (SSSR count). The standard InChI is InChI=1S/C20H31N5O2.HI/c1-6-21-20(22-13-17-8-7-9-18(12-17)27-5)23-14-19-15(2)24-25(16(19)3)10-11-26-4;/h7-9,12H,6,10-11,13-14H2,1-5H3,(H2,21,22,23);1H. The van der Waals surface area contributed by atoms with Crippen molar-refractivity contribution >= 4 is 29.9 Å². The van der Waals surface area contributed by atoms with Gasteiger partial charge in [-0.3, -0.25) is 4.68 Å². The number of hydrogen-bond donors (Lipinski definition) is 2. The van der Waals surface area contributed by atoms with Crippen molar-refractivity contribution in [3.63, 3.8) is 0 Å². The van der Waals surface area contributed by atoms with E-state index in [0.717, 1.165) is 41.7 Å². The summed E-state index contributed by atoms with van der Waals surface area (Å²) in [5.41, 5.74) is 4.48. The Balaban J connectivity index is 0.00000392. The number of rotatable bonds is 9. The fourth-order valence-corrected chi connectivity index (χ4v) is 2.84. The summed E-state index contributed by atoms with van der Waals surface area (Å²) < 4.78 is 12.4. The van der Waals surface area contributed by atoms with Crippen LogP contribution in [0.25, 0.3) is 0 Å². The van der Waals surface area contributed by atoms with Crippen LogP contribution in [0, 0.1) is 13.8 Å². The van der Waals surface area contributed by atoms with Gasteiger partial charge < -0.3 is 20.1 Å². The van der Waals surface area contributed by atoms with Crippen molar-refractivity contribution in [3.8, 4) is 5.75 Å². The SMILES string of the molecule is CCNC(=NCc1cccc(OC)c1)NCc1c(C)nn(CCOC)c1C.I. The van der Waals surface area contributed by atoms with E-state index in [1.807, 2.05) is 35.9 Å². The topological polar surface area (TPSA) is 72.7 Å². The first-order valence-electron chi connectivity index (χ1n) is 9.26. The lowest BCUT2D eigenvalue weighted by Gasteiger charge is -2.12. The first-order chi connectivity index (χ1) is 13.1. The molecule has 1 aromatic carbocycles. The average molecular weight is 501 g/mol. The molecule has 0 amide bonds. The highest BCUT2D eigenvalue weighted by Crippen LogP contribution is 2.14. The number of benzene rings is 1. The van der Waals surface area contributed by atoms with Crippen molar-refractivity contribution in [2.45, 2.75) is 40.4 Å². The van der Waals surface area contributed by atoms with E-state index in [1.165, 1.54) is 5.56 Å². The molecule has 0 aliphatic rings. The van der Waals surface area contributed by atoms with Gasteiger partial charge in [0.05, 0.1) is 32.5 Å². The number of aromatic nitrogens is 2. The number of aliphatic imine (C=N–C) groups is 1. The summed E-state index contributed by atoms with van der Waals surface area (Å²) in [5, 5.41) is 11.3. The second kappa shape index (κ2) is 12.6. The molecule has 0 unspecified atom stereocenters. The highest BCUT2D eigenvalue weighted by Gasteiger charge is 2.11. The minimum Gasteiger partial charge on any atom is -0.497 e. The minimum absolute atomic E-state index is 0. The maximum absolute atomic E-state index is 5.27. The summed E-state index contributed by atoms with van der Waals surface area (Å²) in [7, 11) is 3.38. The van der Waals surface area contributed by atoms with Crippen LogP contribution in [0.3, 0.4) is 0 Å². The number of ether oxygens (including phenoxy) is 2. The Hall–Kier alpha value is -1.81. The highest BCUT2D eigenvalue weighted by molar-refractivity contribution is 14.0. The zero-order chi connectivity index (χ0) is 19.6. The third-order valence-electron chi connectivity index (χ3n) is 4.37. The molecule has 8 heteroatoms. The lowest BCUT2D eigenvalue weighted by atomic mass is 10.2. The average Bonchev–Trinajstić information content (AvgIpc) is 2.95. The molecule has 0 atom stereocenters. The Labute approximate surface area is 184 Å². The number of guanidine groups is 1. The predicted molar refractivity (Wildman–Crippen MR) is 124 cm³/mol. The monoisotopic (exact) mass is 501 g/mol. The zero-order valence-electron chi connectivity index (χ0n) is 17.4. The van der Waals surface area contributed by atoms with E-state index in [-0.39, 0.29) is 24.0 Å². The summed E-state index contributed by atoms with van der Waals surface area (Å²) in [6.45, 7) is 9.65. The van der Waals surface area contributed by atoms with E-state index in [2.05, 4.69) is 34.6 Å². The molecular formula is C20H32IN5O2. The van der Waals surface area contributed by atoms with Crippen LogP contribution in [-0.4, -0.2) is 43.1 Å². The molecule has 0 radical (unpaired) electrons. The molecule has 2 N–H and O–H groups in total. The molecule has 0 fully saturated rings. The quantitative estimate of drug-likeness (QED) is 0.314. The molecule has 0 saturated carbocycles. The lowest BCUT2D eigenvalue weighted by Crippen LogP contribution is -2.37. The first kappa shape index (κ1) is 24.2. The second-order valence-electron chi connectivity index (χ2n) is 6.27. The maximum Gasteiger partial charge on any atom is 0.191 e. The van der Waals surface area contributed by atoms with Gasteiger partial charge in [-0.15, -0.1) is 24.0 Å². The Bertz CT molecular complexity index is 761. The van der Waals surface area contributed by atoms with Crippen LogP contribution >= 0.6 is 24.0 Å². The van der Waals surface area contributed by atoms with Crippen LogP contribution in [0.15, 0.2) is 29.3 Å². The summed E-state index contributed by atoms with van der Waals surface area (Å²) in [6, 6.07) is 7.96. The van der Waals surface area contributed by atoms with Gasteiger partial charge in [-0.05, 0) is 38.5 Å². The lowest BCUT2D eigenvalue weighted by molar-refractivity contribution is 0.182. The molecule has 156 valence electrons. The van der Waals surface area contributed by atoms with Crippen LogP contribution in [-0.2, 0) is 24.4 Å². The molecular weight excluding hydrogens is 469 g/mol. The maximum atomic E-state index is 5.27. The van der Waals surface area contributed by atoms with Crippen LogP contribution in [0.5, 0.6) is 5.75 Å². The van der Waals surface area contributed by atoms with Gasteiger partial charge in [0, 0.05) is 31.5 Å². The molecule has 2 aromatic rings. The van der Waals surface area contributed by atoms with Gasteiger partial charge in [0.15, 0.2) is 5.96 Å². The first-order valence-corrected chi connectivity index (χ1v) is 9.26. The fourth-order valence-electron chi connectivity index (χ4n) is 2.84. The van der Waals surface area contributed by atoms with Crippen molar-refractivity contribution in [2.75, 3.05) is 27.4 Å². The van der Waals surface area contributed by atoms with E-state index in [0.29, 0.717) is 19.7 Å². The Morgan fingerprint density at radius 2 is 2.00 bits per heavy atom. The van der Waals surface area contributed by atoms with Gasteiger partial charge in [-0.1, -0.05) is 12.1 Å². The van der Waals surface area contributed by atoms with E-state index in [1.54, 1.807) is 14.2 Å². The van der Waals surface area contributed by atoms with Crippen LogP contribution in [0.1, 0.15) is 29.4 Å². The minimum atomic E-state index is 0. The van der Waals surface area contributed by atoms with Crippen LogP contribution < -0.4 is 15.4 Å². The summed E-state index contributed by atoms with van der Waals surface area (Å²) in [6.07, 6.45) is 0. The Kier molecular flexibility index (Phi) is 10.9. The molecule has 0 spiro atoms.